The summed E-state index contributed by atoms with van der Waals surface area (Å²) in [6, 6.07) is 5.08. The van der Waals surface area contributed by atoms with E-state index in [2.05, 4.69) is 15.9 Å². The third-order valence-corrected chi connectivity index (χ3v) is 3.43. The molecule has 0 bridgehead atoms. The molecule has 1 fully saturated rings. The zero-order valence-electron chi connectivity index (χ0n) is 8.64. The average molecular weight is 290 g/mol. The summed E-state index contributed by atoms with van der Waals surface area (Å²) in [5.41, 5.74) is 1.37. The monoisotopic (exact) mass is 289 g/mol. The van der Waals surface area contributed by atoms with Crippen LogP contribution in [0.5, 0.6) is 0 Å². The minimum Gasteiger partial charge on any atom is -0.326 e. The SMILES string of the molecule is Cc1cc(C(=O)N2CC(F)(F)C2)ccc1Br. The highest BCUT2D eigenvalue weighted by Gasteiger charge is 2.46. The number of carbonyl (C=O) groups is 1. The molecule has 0 aromatic heterocycles. The highest BCUT2D eigenvalue weighted by molar-refractivity contribution is 9.10. The van der Waals surface area contributed by atoms with Crippen molar-refractivity contribution in [2.75, 3.05) is 13.1 Å². The first-order chi connectivity index (χ1) is 7.39. The standard InChI is InChI=1S/C11H10BrF2NO/c1-7-4-8(2-3-9(7)12)10(16)15-5-11(13,14)6-15/h2-4H,5-6H2,1H3. The molecule has 2 nitrogen and oxygen atoms in total. The van der Waals surface area contributed by atoms with Crippen molar-refractivity contribution in [2.45, 2.75) is 12.8 Å². The van der Waals surface area contributed by atoms with E-state index in [0.717, 1.165) is 14.9 Å². The van der Waals surface area contributed by atoms with Crippen LogP contribution in [-0.4, -0.2) is 29.8 Å². The molecule has 0 N–H and O–H groups in total. The Hall–Kier alpha value is -0.970. The van der Waals surface area contributed by atoms with Crippen molar-refractivity contribution in [1.82, 2.24) is 4.90 Å². The Kier molecular flexibility index (Phi) is 2.74. The summed E-state index contributed by atoms with van der Waals surface area (Å²) in [7, 11) is 0. The maximum Gasteiger partial charge on any atom is 0.282 e. The van der Waals surface area contributed by atoms with Gasteiger partial charge in [0.2, 0.25) is 0 Å². The van der Waals surface area contributed by atoms with Gasteiger partial charge in [-0.15, -0.1) is 0 Å². The lowest BCUT2D eigenvalue weighted by Crippen LogP contribution is -2.58. The number of hydrogen-bond acceptors (Lipinski definition) is 1. The Bertz CT molecular complexity index is 440. The first kappa shape index (κ1) is 11.5. The summed E-state index contributed by atoms with van der Waals surface area (Å²) in [4.78, 5) is 12.9. The Morgan fingerprint density at radius 3 is 2.56 bits per heavy atom. The van der Waals surface area contributed by atoms with Crippen molar-refractivity contribution in [3.63, 3.8) is 0 Å². The van der Waals surface area contributed by atoms with E-state index < -0.39 is 19.0 Å². The molecule has 86 valence electrons. The number of nitrogens with zero attached hydrogens (tertiary/aromatic N) is 1. The zero-order valence-corrected chi connectivity index (χ0v) is 10.2. The lowest BCUT2D eigenvalue weighted by atomic mass is 10.1. The number of aryl methyl sites for hydroxylation is 1. The van der Waals surface area contributed by atoms with Crippen LogP contribution in [-0.2, 0) is 0 Å². The molecule has 0 atom stereocenters. The number of halogens is 3. The molecule has 2 rings (SSSR count). The molecule has 1 amide bonds. The van der Waals surface area contributed by atoms with Crippen LogP contribution >= 0.6 is 15.9 Å². The van der Waals surface area contributed by atoms with Gasteiger partial charge in [0.25, 0.3) is 11.8 Å². The first-order valence-corrected chi connectivity index (χ1v) is 5.62. The molecule has 0 saturated carbocycles. The largest absolute Gasteiger partial charge is 0.326 e. The van der Waals surface area contributed by atoms with E-state index in [-0.39, 0.29) is 5.91 Å². The van der Waals surface area contributed by atoms with E-state index in [1.165, 1.54) is 0 Å². The molecule has 1 aliphatic heterocycles. The number of carbonyl (C=O) groups excluding carboxylic acids is 1. The van der Waals surface area contributed by atoms with Gasteiger partial charge in [-0.1, -0.05) is 15.9 Å². The minimum atomic E-state index is -2.71. The summed E-state index contributed by atoms with van der Waals surface area (Å²) in [5, 5.41) is 0. The van der Waals surface area contributed by atoms with E-state index in [1.54, 1.807) is 18.2 Å². The molecule has 16 heavy (non-hydrogen) atoms. The van der Waals surface area contributed by atoms with Gasteiger partial charge in [-0.05, 0) is 30.7 Å². The second kappa shape index (κ2) is 3.80. The molecule has 0 unspecified atom stereocenters. The van der Waals surface area contributed by atoms with Crippen molar-refractivity contribution >= 4 is 21.8 Å². The quantitative estimate of drug-likeness (QED) is 0.779. The van der Waals surface area contributed by atoms with E-state index in [0.29, 0.717) is 5.56 Å². The van der Waals surface area contributed by atoms with Gasteiger partial charge < -0.3 is 4.90 Å². The number of benzene rings is 1. The van der Waals surface area contributed by atoms with Gasteiger partial charge >= 0.3 is 0 Å². The van der Waals surface area contributed by atoms with Crippen LogP contribution in [0.1, 0.15) is 15.9 Å². The van der Waals surface area contributed by atoms with E-state index >= 15 is 0 Å². The van der Waals surface area contributed by atoms with Gasteiger partial charge in [0.1, 0.15) is 0 Å². The van der Waals surface area contributed by atoms with Gasteiger partial charge in [-0.2, -0.15) is 0 Å². The van der Waals surface area contributed by atoms with Crippen molar-refractivity contribution < 1.29 is 13.6 Å². The van der Waals surface area contributed by atoms with Crippen LogP contribution in [0.15, 0.2) is 22.7 Å². The van der Waals surface area contributed by atoms with Crippen LogP contribution in [0.3, 0.4) is 0 Å². The second-order valence-corrected chi connectivity index (χ2v) is 4.84. The molecule has 1 saturated heterocycles. The van der Waals surface area contributed by atoms with E-state index in [1.807, 2.05) is 6.92 Å². The smallest absolute Gasteiger partial charge is 0.282 e. The fourth-order valence-corrected chi connectivity index (χ4v) is 1.86. The first-order valence-electron chi connectivity index (χ1n) is 4.82. The summed E-state index contributed by atoms with van der Waals surface area (Å²) in [6.45, 7) is 0.910. The lowest BCUT2D eigenvalue weighted by Gasteiger charge is -2.38. The predicted molar refractivity (Wildman–Crippen MR) is 59.7 cm³/mol. The second-order valence-electron chi connectivity index (χ2n) is 3.98. The Morgan fingerprint density at radius 2 is 2.06 bits per heavy atom. The molecule has 1 aromatic rings. The average Bonchev–Trinajstić information content (AvgIpc) is 2.17. The van der Waals surface area contributed by atoms with E-state index in [4.69, 9.17) is 0 Å². The highest BCUT2D eigenvalue weighted by atomic mass is 79.9. The summed E-state index contributed by atoms with van der Waals surface area (Å²) in [5.74, 6) is -3.04. The topological polar surface area (TPSA) is 20.3 Å². The third-order valence-electron chi connectivity index (χ3n) is 2.54. The van der Waals surface area contributed by atoms with Gasteiger partial charge in [0.15, 0.2) is 0 Å². The summed E-state index contributed by atoms with van der Waals surface area (Å²) < 4.78 is 26.1. The van der Waals surface area contributed by atoms with Crippen LogP contribution in [0.2, 0.25) is 0 Å². The number of likely N-dealkylation sites (tertiary alicyclic amines) is 1. The fourth-order valence-electron chi connectivity index (χ4n) is 1.62. The van der Waals surface area contributed by atoms with Crippen LogP contribution in [0, 0.1) is 6.92 Å². The normalized spacial score (nSPS) is 18.1. The lowest BCUT2D eigenvalue weighted by molar-refractivity contribution is -0.113. The van der Waals surface area contributed by atoms with E-state index in [9.17, 15) is 13.6 Å². The van der Waals surface area contributed by atoms with Gasteiger partial charge in [-0.3, -0.25) is 4.79 Å². The molecular weight excluding hydrogens is 280 g/mol. The highest BCUT2D eigenvalue weighted by Crippen LogP contribution is 2.28. The van der Waals surface area contributed by atoms with Crippen molar-refractivity contribution in [2.24, 2.45) is 0 Å². The number of rotatable bonds is 1. The van der Waals surface area contributed by atoms with Crippen LogP contribution < -0.4 is 0 Å². The molecule has 0 spiro atoms. The van der Waals surface area contributed by atoms with Gasteiger partial charge in [0, 0.05) is 10.0 Å². The molecule has 0 aliphatic carbocycles. The maximum atomic E-state index is 12.6. The summed E-state index contributed by atoms with van der Waals surface area (Å²) in [6.07, 6.45) is 0. The van der Waals surface area contributed by atoms with Crippen molar-refractivity contribution in [1.29, 1.82) is 0 Å². The number of alkyl halides is 2. The minimum absolute atomic E-state index is 0.332. The van der Waals surface area contributed by atoms with Crippen molar-refractivity contribution in [3.8, 4) is 0 Å². The number of hydrogen-bond donors (Lipinski definition) is 0. The Balaban J connectivity index is 2.13. The Labute approximate surface area is 100 Å². The fraction of sp³-hybridized carbons (Fsp3) is 0.364. The van der Waals surface area contributed by atoms with Crippen molar-refractivity contribution in [3.05, 3.63) is 33.8 Å². The summed E-state index contributed by atoms with van der Waals surface area (Å²) >= 11 is 3.32. The molecule has 1 aromatic carbocycles. The van der Waals surface area contributed by atoms with Crippen LogP contribution in [0.4, 0.5) is 8.78 Å². The molecule has 0 radical (unpaired) electrons. The maximum absolute atomic E-state index is 12.6. The molecule has 1 aliphatic rings. The van der Waals surface area contributed by atoms with Gasteiger partial charge in [0.05, 0.1) is 13.1 Å². The van der Waals surface area contributed by atoms with Gasteiger partial charge in [-0.25, -0.2) is 8.78 Å². The van der Waals surface area contributed by atoms with Crippen LogP contribution in [0.25, 0.3) is 0 Å². The Morgan fingerprint density at radius 1 is 1.44 bits per heavy atom. The number of amides is 1. The zero-order chi connectivity index (χ0) is 11.9. The molecule has 5 heteroatoms. The molecule has 1 heterocycles. The molecular formula is C11H10BrF2NO. The predicted octanol–water partition coefficient (Wildman–Crippen LogP) is 2.85. The third kappa shape index (κ3) is 2.09.